The first-order valence-corrected chi connectivity index (χ1v) is 7.02. The number of nitrogens with zero attached hydrogens (tertiary/aromatic N) is 3. The SMILES string of the molecule is CCCCC(Nc1c([N+](=O)[O-])c(C)nn1C(C)C)C(=O)O. The fourth-order valence-electron chi connectivity index (χ4n) is 2.10. The molecule has 1 heterocycles. The summed E-state index contributed by atoms with van der Waals surface area (Å²) >= 11 is 0. The summed E-state index contributed by atoms with van der Waals surface area (Å²) in [6.07, 6.45) is 1.99. The summed E-state index contributed by atoms with van der Waals surface area (Å²) in [5.74, 6) is -0.858. The van der Waals surface area contributed by atoms with Gasteiger partial charge >= 0.3 is 11.7 Å². The van der Waals surface area contributed by atoms with Gasteiger partial charge in [-0.15, -0.1) is 0 Å². The second-order valence-corrected chi connectivity index (χ2v) is 5.26. The van der Waals surface area contributed by atoms with E-state index < -0.39 is 16.9 Å². The van der Waals surface area contributed by atoms with Gasteiger partial charge in [0.1, 0.15) is 11.7 Å². The van der Waals surface area contributed by atoms with Crippen molar-refractivity contribution in [1.29, 1.82) is 0 Å². The minimum atomic E-state index is -1.02. The highest BCUT2D eigenvalue weighted by molar-refractivity contribution is 5.78. The molecule has 1 atom stereocenters. The van der Waals surface area contributed by atoms with Crippen LogP contribution >= 0.6 is 0 Å². The maximum atomic E-state index is 11.3. The van der Waals surface area contributed by atoms with E-state index in [2.05, 4.69) is 10.4 Å². The first kappa shape index (κ1) is 16.9. The molecular formula is C13H22N4O4. The Morgan fingerprint density at radius 3 is 2.57 bits per heavy atom. The molecule has 1 aromatic heterocycles. The fraction of sp³-hybridized carbons (Fsp3) is 0.692. The zero-order valence-electron chi connectivity index (χ0n) is 12.8. The summed E-state index contributed by atoms with van der Waals surface area (Å²) in [4.78, 5) is 22.0. The normalized spacial score (nSPS) is 12.4. The van der Waals surface area contributed by atoms with Gasteiger partial charge in [-0.25, -0.2) is 9.48 Å². The van der Waals surface area contributed by atoms with Crippen molar-refractivity contribution in [2.75, 3.05) is 5.32 Å². The van der Waals surface area contributed by atoms with E-state index in [1.54, 1.807) is 6.92 Å². The molecule has 0 aliphatic heterocycles. The van der Waals surface area contributed by atoms with Gasteiger partial charge in [0, 0.05) is 6.04 Å². The van der Waals surface area contributed by atoms with Crippen LogP contribution in [-0.4, -0.2) is 31.8 Å². The number of aryl methyl sites for hydroxylation is 1. The summed E-state index contributed by atoms with van der Waals surface area (Å²) < 4.78 is 1.47. The lowest BCUT2D eigenvalue weighted by molar-refractivity contribution is -0.384. The molecule has 21 heavy (non-hydrogen) atoms. The average molecular weight is 298 g/mol. The summed E-state index contributed by atoms with van der Waals surface area (Å²) in [5.41, 5.74) is 0.113. The van der Waals surface area contributed by atoms with E-state index in [1.807, 2.05) is 20.8 Å². The number of hydrogen-bond acceptors (Lipinski definition) is 5. The number of rotatable bonds is 8. The van der Waals surface area contributed by atoms with Gasteiger partial charge in [-0.1, -0.05) is 19.8 Å². The Bertz CT molecular complexity index is 524. The lowest BCUT2D eigenvalue weighted by Crippen LogP contribution is -2.30. The molecule has 0 saturated heterocycles. The fourth-order valence-corrected chi connectivity index (χ4v) is 2.10. The summed E-state index contributed by atoms with van der Waals surface area (Å²) in [6, 6.07) is -0.974. The molecule has 1 unspecified atom stereocenters. The smallest absolute Gasteiger partial charge is 0.333 e. The van der Waals surface area contributed by atoms with Crippen LogP contribution < -0.4 is 5.32 Å². The minimum absolute atomic E-state index is 0.111. The number of hydrogen-bond donors (Lipinski definition) is 2. The molecule has 8 heteroatoms. The average Bonchev–Trinajstić information content (AvgIpc) is 2.71. The third-order valence-corrected chi connectivity index (χ3v) is 3.18. The van der Waals surface area contributed by atoms with Crippen LogP contribution in [0.3, 0.4) is 0 Å². The predicted molar refractivity (Wildman–Crippen MR) is 78.6 cm³/mol. The van der Waals surface area contributed by atoms with Gasteiger partial charge in [-0.2, -0.15) is 5.10 Å². The molecule has 2 N–H and O–H groups in total. The summed E-state index contributed by atoms with van der Waals surface area (Å²) in [6.45, 7) is 7.18. The maximum Gasteiger partial charge on any atom is 0.333 e. The molecule has 0 saturated carbocycles. The van der Waals surface area contributed by atoms with E-state index in [0.29, 0.717) is 6.42 Å². The van der Waals surface area contributed by atoms with Gasteiger partial charge in [-0.05, 0) is 27.2 Å². The summed E-state index contributed by atoms with van der Waals surface area (Å²) in [5, 5.41) is 27.4. The molecule has 0 amide bonds. The second kappa shape index (κ2) is 7.05. The van der Waals surface area contributed by atoms with Crippen LogP contribution in [-0.2, 0) is 4.79 Å². The molecule has 0 aliphatic carbocycles. The van der Waals surface area contributed by atoms with Gasteiger partial charge < -0.3 is 10.4 Å². The van der Waals surface area contributed by atoms with Crippen LogP contribution in [0.2, 0.25) is 0 Å². The molecular weight excluding hydrogens is 276 g/mol. The van der Waals surface area contributed by atoms with Crippen molar-refractivity contribution >= 4 is 17.5 Å². The largest absolute Gasteiger partial charge is 0.480 e. The van der Waals surface area contributed by atoms with E-state index in [9.17, 15) is 20.0 Å². The van der Waals surface area contributed by atoms with Crippen LogP contribution in [0.1, 0.15) is 51.8 Å². The number of carboxylic acid groups (broad SMARTS) is 1. The minimum Gasteiger partial charge on any atom is -0.480 e. The molecule has 0 bridgehead atoms. The van der Waals surface area contributed by atoms with Crippen molar-refractivity contribution < 1.29 is 14.8 Å². The van der Waals surface area contributed by atoms with Crippen LogP contribution in [0.25, 0.3) is 0 Å². The lowest BCUT2D eigenvalue weighted by atomic mass is 10.1. The zero-order chi connectivity index (χ0) is 16.2. The number of aliphatic carboxylic acids is 1. The first-order chi connectivity index (χ1) is 9.79. The molecule has 0 fully saturated rings. The predicted octanol–water partition coefficient (Wildman–Crippen LogP) is 2.74. The molecule has 1 aromatic rings. The van der Waals surface area contributed by atoms with Gasteiger partial charge in [-0.3, -0.25) is 10.1 Å². The third kappa shape index (κ3) is 3.93. The van der Waals surface area contributed by atoms with Crippen LogP contribution in [0.5, 0.6) is 0 Å². The first-order valence-electron chi connectivity index (χ1n) is 7.02. The van der Waals surface area contributed by atoms with E-state index in [4.69, 9.17) is 0 Å². The van der Waals surface area contributed by atoms with E-state index >= 15 is 0 Å². The highest BCUT2D eigenvalue weighted by atomic mass is 16.6. The Kier molecular flexibility index (Phi) is 5.69. The van der Waals surface area contributed by atoms with Crippen molar-refractivity contribution in [3.8, 4) is 0 Å². The van der Waals surface area contributed by atoms with Crippen molar-refractivity contribution in [3.63, 3.8) is 0 Å². The molecule has 0 aromatic carbocycles. The van der Waals surface area contributed by atoms with Crippen molar-refractivity contribution in [3.05, 3.63) is 15.8 Å². The molecule has 0 radical (unpaired) electrons. The molecule has 8 nitrogen and oxygen atoms in total. The second-order valence-electron chi connectivity index (χ2n) is 5.26. The zero-order valence-corrected chi connectivity index (χ0v) is 12.8. The number of anilines is 1. The Hall–Kier alpha value is -2.12. The van der Waals surface area contributed by atoms with E-state index in [1.165, 1.54) is 4.68 Å². The van der Waals surface area contributed by atoms with E-state index in [-0.39, 0.29) is 23.2 Å². The Morgan fingerprint density at radius 1 is 1.52 bits per heavy atom. The lowest BCUT2D eigenvalue weighted by Gasteiger charge is -2.17. The maximum absolute atomic E-state index is 11.3. The number of aromatic nitrogens is 2. The van der Waals surface area contributed by atoms with Gasteiger partial charge in [0.15, 0.2) is 0 Å². The van der Waals surface area contributed by atoms with Crippen molar-refractivity contribution in [2.24, 2.45) is 0 Å². The molecule has 118 valence electrons. The number of carboxylic acids is 1. The highest BCUT2D eigenvalue weighted by Gasteiger charge is 2.29. The molecule has 0 aliphatic rings. The Morgan fingerprint density at radius 2 is 2.14 bits per heavy atom. The van der Waals surface area contributed by atoms with Crippen LogP contribution in [0, 0.1) is 17.0 Å². The monoisotopic (exact) mass is 298 g/mol. The summed E-state index contributed by atoms with van der Waals surface area (Å²) in [7, 11) is 0. The van der Waals surface area contributed by atoms with Crippen molar-refractivity contribution in [1.82, 2.24) is 9.78 Å². The van der Waals surface area contributed by atoms with Crippen LogP contribution in [0.15, 0.2) is 0 Å². The number of nitrogens with one attached hydrogen (secondary N) is 1. The number of unbranched alkanes of at least 4 members (excludes halogenated alkanes) is 1. The topological polar surface area (TPSA) is 110 Å². The molecule has 0 spiro atoms. The van der Waals surface area contributed by atoms with E-state index in [0.717, 1.165) is 12.8 Å². The number of carbonyl (C=O) groups is 1. The van der Waals surface area contributed by atoms with Crippen molar-refractivity contribution in [2.45, 2.75) is 59.0 Å². The van der Waals surface area contributed by atoms with Gasteiger partial charge in [0.05, 0.1) is 4.92 Å². The Balaban J connectivity index is 3.19. The Labute approximate surface area is 123 Å². The van der Waals surface area contributed by atoms with Crippen LogP contribution in [0.4, 0.5) is 11.5 Å². The highest BCUT2D eigenvalue weighted by Crippen LogP contribution is 2.31. The van der Waals surface area contributed by atoms with Gasteiger partial charge in [0.2, 0.25) is 5.82 Å². The standard InChI is InChI=1S/C13H22N4O4/c1-5-6-7-10(13(18)19)14-12-11(17(20)21)9(4)15-16(12)8(2)3/h8,10,14H,5-7H2,1-4H3,(H,18,19). The molecule has 1 rings (SSSR count). The van der Waals surface area contributed by atoms with Gasteiger partial charge in [0.25, 0.3) is 0 Å². The quantitative estimate of drug-likeness (QED) is 0.564. The number of nitro groups is 1. The third-order valence-electron chi connectivity index (χ3n) is 3.18.